The van der Waals surface area contributed by atoms with Crippen molar-refractivity contribution < 1.29 is 14.3 Å². The summed E-state index contributed by atoms with van der Waals surface area (Å²) >= 11 is 1.54. The normalized spacial score (nSPS) is 20.1. The maximum atomic E-state index is 12.1. The Bertz CT molecular complexity index is 802. The van der Waals surface area contributed by atoms with Crippen LogP contribution in [0.2, 0.25) is 0 Å². The Hall–Kier alpha value is -2.25. The second kappa shape index (κ2) is 8.84. The first-order chi connectivity index (χ1) is 13.7. The van der Waals surface area contributed by atoms with Crippen molar-refractivity contribution in [1.82, 2.24) is 10.2 Å². The molecule has 28 heavy (non-hydrogen) atoms. The lowest BCUT2D eigenvalue weighted by molar-refractivity contribution is -0.120. The molecule has 0 bridgehead atoms. The van der Waals surface area contributed by atoms with Gasteiger partial charge in [0.2, 0.25) is 5.91 Å². The number of para-hydroxylation sites is 2. The van der Waals surface area contributed by atoms with E-state index in [1.807, 2.05) is 35.7 Å². The number of carbonyl (C=O) groups excluding carboxylic acids is 1. The molecule has 1 saturated heterocycles. The first kappa shape index (κ1) is 19.1. The van der Waals surface area contributed by atoms with Gasteiger partial charge in [0.15, 0.2) is 11.5 Å². The van der Waals surface area contributed by atoms with Crippen LogP contribution in [0, 0.1) is 5.92 Å². The van der Waals surface area contributed by atoms with Crippen molar-refractivity contribution in [3.63, 3.8) is 0 Å². The SMILES string of the molecule is Nc1ccsc1CC(=O)NCC1CCN(CC2COc3ccccc3O2)CC1. The molecule has 7 heteroatoms. The smallest absolute Gasteiger partial charge is 0.225 e. The van der Waals surface area contributed by atoms with Gasteiger partial charge in [-0.05, 0) is 55.4 Å². The van der Waals surface area contributed by atoms with E-state index >= 15 is 0 Å². The molecule has 150 valence electrons. The van der Waals surface area contributed by atoms with Gasteiger partial charge in [-0.15, -0.1) is 11.3 Å². The van der Waals surface area contributed by atoms with Crippen LogP contribution in [-0.4, -0.2) is 49.7 Å². The molecule has 0 aliphatic carbocycles. The number of nitrogen functional groups attached to an aromatic ring is 1. The molecule has 0 saturated carbocycles. The number of hydrogen-bond donors (Lipinski definition) is 2. The summed E-state index contributed by atoms with van der Waals surface area (Å²) in [5.41, 5.74) is 6.57. The third kappa shape index (κ3) is 4.77. The monoisotopic (exact) mass is 401 g/mol. The molecule has 1 aromatic heterocycles. The number of benzene rings is 1. The van der Waals surface area contributed by atoms with Crippen LogP contribution in [-0.2, 0) is 11.2 Å². The molecule has 4 rings (SSSR count). The summed E-state index contributed by atoms with van der Waals surface area (Å²) in [6.45, 7) is 4.28. The van der Waals surface area contributed by atoms with Crippen LogP contribution >= 0.6 is 11.3 Å². The highest BCUT2D eigenvalue weighted by Crippen LogP contribution is 2.31. The van der Waals surface area contributed by atoms with E-state index in [9.17, 15) is 4.79 Å². The van der Waals surface area contributed by atoms with Crippen molar-refractivity contribution in [2.24, 2.45) is 5.92 Å². The fourth-order valence-electron chi connectivity index (χ4n) is 3.77. The van der Waals surface area contributed by atoms with E-state index in [2.05, 4.69) is 10.2 Å². The highest BCUT2D eigenvalue weighted by molar-refractivity contribution is 7.10. The van der Waals surface area contributed by atoms with Gasteiger partial charge in [0, 0.05) is 23.7 Å². The minimum absolute atomic E-state index is 0.0583. The zero-order valence-electron chi connectivity index (χ0n) is 15.9. The Morgan fingerprint density at radius 1 is 1.21 bits per heavy atom. The highest BCUT2D eigenvalue weighted by atomic mass is 32.1. The lowest BCUT2D eigenvalue weighted by Gasteiger charge is -2.35. The summed E-state index contributed by atoms with van der Waals surface area (Å²) in [5, 5.41) is 5.00. The van der Waals surface area contributed by atoms with Crippen LogP contribution < -0.4 is 20.5 Å². The van der Waals surface area contributed by atoms with Crippen molar-refractivity contribution in [2.75, 3.05) is 38.5 Å². The molecule has 1 aromatic carbocycles. The standard InChI is InChI=1S/C21H27N3O3S/c22-17-7-10-28-20(17)11-21(25)23-12-15-5-8-24(9-6-15)13-16-14-26-18-3-1-2-4-19(18)27-16/h1-4,7,10,15-16H,5-6,8-9,11-14,22H2,(H,23,25). The summed E-state index contributed by atoms with van der Waals surface area (Å²) < 4.78 is 11.9. The number of piperidine rings is 1. The molecule has 1 fully saturated rings. The first-order valence-corrected chi connectivity index (χ1v) is 10.7. The van der Waals surface area contributed by atoms with Crippen LogP contribution in [0.1, 0.15) is 17.7 Å². The number of ether oxygens (including phenoxy) is 2. The van der Waals surface area contributed by atoms with Gasteiger partial charge in [0.05, 0.1) is 6.42 Å². The topological polar surface area (TPSA) is 76.8 Å². The van der Waals surface area contributed by atoms with Crippen molar-refractivity contribution >= 4 is 22.9 Å². The third-order valence-electron chi connectivity index (χ3n) is 5.43. The predicted octanol–water partition coefficient (Wildman–Crippen LogP) is 2.54. The van der Waals surface area contributed by atoms with Crippen LogP contribution in [0.15, 0.2) is 35.7 Å². The number of nitrogens with zero attached hydrogens (tertiary/aromatic N) is 1. The van der Waals surface area contributed by atoms with Crippen molar-refractivity contribution in [2.45, 2.75) is 25.4 Å². The third-order valence-corrected chi connectivity index (χ3v) is 6.36. The summed E-state index contributed by atoms with van der Waals surface area (Å²) in [6.07, 6.45) is 2.63. The Balaban J connectivity index is 1.16. The van der Waals surface area contributed by atoms with E-state index in [4.69, 9.17) is 15.2 Å². The van der Waals surface area contributed by atoms with Crippen molar-refractivity contribution in [3.05, 3.63) is 40.6 Å². The fraction of sp³-hybridized carbons (Fsp3) is 0.476. The second-order valence-electron chi connectivity index (χ2n) is 7.52. The molecule has 0 radical (unpaired) electrons. The van der Waals surface area contributed by atoms with Crippen LogP contribution in [0.25, 0.3) is 0 Å². The van der Waals surface area contributed by atoms with Gasteiger partial charge in [-0.2, -0.15) is 0 Å². The van der Waals surface area contributed by atoms with E-state index in [-0.39, 0.29) is 12.0 Å². The molecule has 2 aromatic rings. The van der Waals surface area contributed by atoms with Crippen LogP contribution in [0.5, 0.6) is 11.5 Å². The lowest BCUT2D eigenvalue weighted by atomic mass is 9.96. The minimum atomic E-state index is 0.0583. The molecular weight excluding hydrogens is 374 g/mol. The number of thiophene rings is 1. The summed E-state index contributed by atoms with van der Waals surface area (Å²) in [7, 11) is 0. The molecule has 6 nitrogen and oxygen atoms in total. The van der Waals surface area contributed by atoms with Crippen LogP contribution in [0.3, 0.4) is 0 Å². The van der Waals surface area contributed by atoms with Gasteiger partial charge in [0.1, 0.15) is 12.7 Å². The van der Waals surface area contributed by atoms with E-state index in [1.165, 1.54) is 11.3 Å². The largest absolute Gasteiger partial charge is 0.486 e. The number of anilines is 1. The van der Waals surface area contributed by atoms with Gasteiger partial charge in [0.25, 0.3) is 0 Å². The molecular formula is C21H27N3O3S. The Morgan fingerprint density at radius 3 is 2.75 bits per heavy atom. The second-order valence-corrected chi connectivity index (χ2v) is 8.52. The average molecular weight is 402 g/mol. The zero-order valence-corrected chi connectivity index (χ0v) is 16.7. The summed E-state index contributed by atoms with van der Waals surface area (Å²) in [6, 6.07) is 9.68. The molecule has 3 N–H and O–H groups in total. The summed E-state index contributed by atoms with van der Waals surface area (Å²) in [5.74, 6) is 2.26. The van der Waals surface area contributed by atoms with Gasteiger partial charge < -0.3 is 20.5 Å². The highest BCUT2D eigenvalue weighted by Gasteiger charge is 2.26. The van der Waals surface area contributed by atoms with Crippen LogP contribution in [0.4, 0.5) is 5.69 Å². The minimum Gasteiger partial charge on any atom is -0.486 e. The molecule has 2 aliphatic heterocycles. The maximum Gasteiger partial charge on any atom is 0.225 e. The number of amides is 1. The average Bonchev–Trinajstić information content (AvgIpc) is 3.12. The van der Waals surface area contributed by atoms with E-state index in [1.54, 1.807) is 0 Å². The molecule has 1 atom stereocenters. The van der Waals surface area contributed by atoms with Gasteiger partial charge in [-0.25, -0.2) is 0 Å². The number of fused-ring (bicyclic) bond motifs is 1. The van der Waals surface area contributed by atoms with Gasteiger partial charge >= 0.3 is 0 Å². The lowest BCUT2D eigenvalue weighted by Crippen LogP contribution is -2.45. The van der Waals surface area contributed by atoms with E-state index in [0.29, 0.717) is 24.6 Å². The van der Waals surface area contributed by atoms with Crippen molar-refractivity contribution in [1.29, 1.82) is 0 Å². The number of likely N-dealkylation sites (tertiary alicyclic amines) is 1. The number of carbonyl (C=O) groups is 1. The molecule has 0 spiro atoms. The molecule has 3 heterocycles. The maximum absolute atomic E-state index is 12.1. The molecule has 1 unspecified atom stereocenters. The quantitative estimate of drug-likeness (QED) is 0.778. The number of nitrogens with two attached hydrogens (primary N) is 1. The van der Waals surface area contributed by atoms with E-state index < -0.39 is 0 Å². The fourth-order valence-corrected chi connectivity index (χ4v) is 4.57. The molecule has 1 amide bonds. The summed E-state index contributed by atoms with van der Waals surface area (Å²) in [4.78, 5) is 15.5. The number of hydrogen-bond acceptors (Lipinski definition) is 6. The van der Waals surface area contributed by atoms with E-state index in [0.717, 1.165) is 55.4 Å². The van der Waals surface area contributed by atoms with Gasteiger partial charge in [-0.1, -0.05) is 12.1 Å². The Morgan fingerprint density at radius 2 is 2.00 bits per heavy atom. The first-order valence-electron chi connectivity index (χ1n) is 9.87. The van der Waals surface area contributed by atoms with Gasteiger partial charge in [-0.3, -0.25) is 9.69 Å². The molecule has 2 aliphatic rings. The number of nitrogens with one attached hydrogen (secondary N) is 1. The zero-order chi connectivity index (χ0) is 19.3. The van der Waals surface area contributed by atoms with Crippen molar-refractivity contribution in [3.8, 4) is 11.5 Å². The Kier molecular flexibility index (Phi) is 6.02. The predicted molar refractivity (Wildman–Crippen MR) is 111 cm³/mol. The number of rotatable bonds is 6. The Labute approximate surface area is 169 Å².